The second-order valence-corrected chi connectivity index (χ2v) is 5.39. The minimum atomic E-state index is 0.324. The molecule has 2 aromatic heterocycles. The fourth-order valence-electron chi connectivity index (χ4n) is 2.11. The molecule has 0 saturated carbocycles. The van der Waals surface area contributed by atoms with Crippen LogP contribution in [0.2, 0.25) is 15.2 Å². The molecular formula is C14H6Cl3N3. The number of benzene rings is 1. The molecule has 20 heavy (non-hydrogen) atoms. The number of hydrogen-bond acceptors (Lipinski definition) is 2. The summed E-state index contributed by atoms with van der Waals surface area (Å²) in [6.07, 6.45) is 1.60. The van der Waals surface area contributed by atoms with Crippen LogP contribution in [0.25, 0.3) is 22.2 Å². The topological polar surface area (TPSA) is 52.5 Å². The van der Waals surface area contributed by atoms with Crippen LogP contribution >= 0.6 is 34.8 Å². The predicted molar refractivity (Wildman–Crippen MR) is 81.3 cm³/mol. The second kappa shape index (κ2) is 4.99. The zero-order valence-electron chi connectivity index (χ0n) is 9.92. The summed E-state index contributed by atoms with van der Waals surface area (Å²) in [5.41, 5.74) is 2.54. The minimum absolute atomic E-state index is 0.324. The van der Waals surface area contributed by atoms with E-state index in [2.05, 4.69) is 16.0 Å². The van der Waals surface area contributed by atoms with Gasteiger partial charge in [-0.25, -0.2) is 4.98 Å². The lowest BCUT2D eigenvalue weighted by molar-refractivity contribution is 1.32. The van der Waals surface area contributed by atoms with E-state index in [0.717, 1.165) is 11.1 Å². The van der Waals surface area contributed by atoms with E-state index in [1.54, 1.807) is 30.5 Å². The van der Waals surface area contributed by atoms with Gasteiger partial charge in [0.25, 0.3) is 0 Å². The van der Waals surface area contributed by atoms with Gasteiger partial charge in [0.05, 0.1) is 5.56 Å². The van der Waals surface area contributed by atoms with Crippen LogP contribution in [0, 0.1) is 11.3 Å². The first-order valence-electron chi connectivity index (χ1n) is 5.63. The van der Waals surface area contributed by atoms with Crippen LogP contribution in [-0.2, 0) is 0 Å². The van der Waals surface area contributed by atoms with Gasteiger partial charge in [0.15, 0.2) is 0 Å². The first-order chi connectivity index (χ1) is 9.60. The van der Waals surface area contributed by atoms with Gasteiger partial charge < -0.3 is 4.98 Å². The number of H-pyrrole nitrogens is 1. The van der Waals surface area contributed by atoms with Gasteiger partial charge in [-0.2, -0.15) is 5.26 Å². The van der Waals surface area contributed by atoms with Crippen molar-refractivity contribution in [2.45, 2.75) is 0 Å². The fraction of sp³-hybridized carbons (Fsp3) is 0. The number of hydrogen-bond donors (Lipinski definition) is 1. The monoisotopic (exact) mass is 321 g/mol. The summed E-state index contributed by atoms with van der Waals surface area (Å²) in [6, 6.07) is 9.00. The smallest absolute Gasteiger partial charge is 0.141 e. The maximum absolute atomic E-state index is 9.19. The lowest BCUT2D eigenvalue weighted by atomic mass is 10.0. The first kappa shape index (κ1) is 13.3. The molecular weight excluding hydrogens is 317 g/mol. The van der Waals surface area contributed by atoms with Crippen molar-refractivity contribution in [1.29, 1.82) is 5.26 Å². The van der Waals surface area contributed by atoms with Gasteiger partial charge in [0, 0.05) is 27.2 Å². The van der Waals surface area contributed by atoms with E-state index < -0.39 is 0 Å². The lowest BCUT2D eigenvalue weighted by Crippen LogP contribution is -1.87. The molecule has 0 fully saturated rings. The summed E-state index contributed by atoms with van der Waals surface area (Å²) < 4.78 is 0. The van der Waals surface area contributed by atoms with Crippen molar-refractivity contribution in [3.63, 3.8) is 0 Å². The highest BCUT2D eigenvalue weighted by molar-refractivity contribution is 6.37. The summed E-state index contributed by atoms with van der Waals surface area (Å²) in [4.78, 5) is 7.10. The molecule has 0 radical (unpaired) electrons. The summed E-state index contributed by atoms with van der Waals surface area (Å²) in [5, 5.41) is 11.3. The molecule has 98 valence electrons. The highest BCUT2D eigenvalue weighted by atomic mass is 35.5. The Kier molecular flexibility index (Phi) is 3.31. The molecule has 0 atom stereocenters. The van der Waals surface area contributed by atoms with Gasteiger partial charge in [-0.15, -0.1) is 0 Å². The highest BCUT2D eigenvalue weighted by Gasteiger charge is 2.15. The first-order valence-corrected chi connectivity index (χ1v) is 6.76. The SMILES string of the molecule is N#Cc1c[nH]c2nc(Cl)cc(-c3ccc(Cl)cc3Cl)c12. The van der Waals surface area contributed by atoms with E-state index in [1.807, 2.05) is 0 Å². The molecule has 1 N–H and O–H groups in total. The summed E-state index contributed by atoms with van der Waals surface area (Å²) in [7, 11) is 0. The third-order valence-electron chi connectivity index (χ3n) is 2.95. The van der Waals surface area contributed by atoms with Gasteiger partial charge in [-0.1, -0.05) is 40.9 Å². The van der Waals surface area contributed by atoms with Crippen LogP contribution in [0.15, 0.2) is 30.5 Å². The average molecular weight is 323 g/mol. The number of aromatic nitrogens is 2. The van der Waals surface area contributed by atoms with E-state index in [0.29, 0.717) is 31.8 Å². The Labute approximate surface area is 129 Å². The van der Waals surface area contributed by atoms with E-state index in [4.69, 9.17) is 34.8 Å². The zero-order valence-corrected chi connectivity index (χ0v) is 12.2. The second-order valence-electron chi connectivity index (χ2n) is 4.15. The molecule has 3 nitrogen and oxygen atoms in total. The Balaban J connectivity index is 2.40. The normalized spacial score (nSPS) is 10.7. The molecule has 0 aliphatic carbocycles. The Bertz CT molecular complexity index is 862. The van der Waals surface area contributed by atoms with Gasteiger partial charge in [0.2, 0.25) is 0 Å². The fourth-order valence-corrected chi connectivity index (χ4v) is 2.82. The maximum atomic E-state index is 9.19. The van der Waals surface area contributed by atoms with E-state index >= 15 is 0 Å². The highest BCUT2D eigenvalue weighted by Crippen LogP contribution is 2.37. The molecule has 0 aliphatic rings. The van der Waals surface area contributed by atoms with Crippen molar-refractivity contribution in [3.8, 4) is 17.2 Å². The molecule has 0 aliphatic heterocycles. The Morgan fingerprint density at radius 1 is 1.10 bits per heavy atom. The number of nitrogens with zero attached hydrogens (tertiary/aromatic N) is 2. The zero-order chi connectivity index (χ0) is 14.3. The maximum Gasteiger partial charge on any atom is 0.141 e. The molecule has 6 heteroatoms. The molecule has 1 aromatic carbocycles. The largest absolute Gasteiger partial charge is 0.345 e. The van der Waals surface area contributed by atoms with Crippen LogP contribution in [-0.4, -0.2) is 9.97 Å². The van der Waals surface area contributed by atoms with Crippen LogP contribution in [0.4, 0.5) is 0 Å². The molecule has 0 bridgehead atoms. The third kappa shape index (κ3) is 2.12. The van der Waals surface area contributed by atoms with Crippen molar-refractivity contribution >= 4 is 45.8 Å². The Hall–Kier alpha value is -1.73. The number of pyridine rings is 1. The van der Waals surface area contributed by atoms with Crippen LogP contribution in [0.5, 0.6) is 0 Å². The molecule has 0 saturated heterocycles. The number of aromatic amines is 1. The van der Waals surface area contributed by atoms with Gasteiger partial charge in [-0.3, -0.25) is 0 Å². The summed E-state index contributed by atoms with van der Waals surface area (Å²) >= 11 is 18.2. The molecule has 2 heterocycles. The summed E-state index contributed by atoms with van der Waals surface area (Å²) in [6.45, 7) is 0. The van der Waals surface area contributed by atoms with E-state index in [-0.39, 0.29) is 0 Å². The predicted octanol–water partition coefficient (Wildman–Crippen LogP) is 5.06. The Morgan fingerprint density at radius 2 is 1.90 bits per heavy atom. The molecule has 0 unspecified atom stereocenters. The van der Waals surface area contributed by atoms with E-state index in [9.17, 15) is 5.26 Å². The van der Waals surface area contributed by atoms with Crippen LogP contribution in [0.1, 0.15) is 5.56 Å². The lowest BCUT2D eigenvalue weighted by Gasteiger charge is -2.07. The number of halogens is 3. The van der Waals surface area contributed by atoms with Gasteiger partial charge in [-0.05, 0) is 23.8 Å². The van der Waals surface area contributed by atoms with Gasteiger partial charge >= 0.3 is 0 Å². The standard InChI is InChI=1S/C14H6Cl3N3/c15-8-1-2-9(11(16)3-8)10-4-12(17)20-14-13(10)7(5-18)6-19-14/h1-4,6H,(H,19,20). The van der Waals surface area contributed by atoms with Crippen LogP contribution in [0.3, 0.4) is 0 Å². The molecule has 3 rings (SSSR count). The van der Waals surface area contributed by atoms with Crippen molar-refractivity contribution in [1.82, 2.24) is 9.97 Å². The van der Waals surface area contributed by atoms with Crippen LogP contribution < -0.4 is 0 Å². The molecule has 0 spiro atoms. The minimum Gasteiger partial charge on any atom is -0.345 e. The number of nitriles is 1. The summed E-state index contributed by atoms with van der Waals surface area (Å²) in [5.74, 6) is 0. The molecule has 0 amide bonds. The van der Waals surface area contributed by atoms with Crippen molar-refractivity contribution < 1.29 is 0 Å². The molecule has 3 aromatic rings. The quantitative estimate of drug-likeness (QED) is 0.636. The van der Waals surface area contributed by atoms with Crippen molar-refractivity contribution in [2.24, 2.45) is 0 Å². The Morgan fingerprint density at radius 3 is 2.60 bits per heavy atom. The number of rotatable bonds is 1. The van der Waals surface area contributed by atoms with Crippen molar-refractivity contribution in [3.05, 3.63) is 51.2 Å². The number of fused-ring (bicyclic) bond motifs is 1. The third-order valence-corrected chi connectivity index (χ3v) is 3.69. The number of nitrogens with one attached hydrogen (secondary N) is 1. The van der Waals surface area contributed by atoms with E-state index in [1.165, 1.54) is 0 Å². The van der Waals surface area contributed by atoms with Gasteiger partial charge in [0.1, 0.15) is 16.9 Å². The average Bonchev–Trinajstić information content (AvgIpc) is 2.80. The van der Waals surface area contributed by atoms with Crippen molar-refractivity contribution in [2.75, 3.05) is 0 Å².